The van der Waals surface area contributed by atoms with Crippen molar-refractivity contribution in [2.75, 3.05) is 10.6 Å². The predicted octanol–water partition coefficient (Wildman–Crippen LogP) is 3.90. The molecule has 1 aromatic heterocycles. The highest BCUT2D eigenvalue weighted by atomic mass is 35.5. The molecule has 1 saturated carbocycles. The number of para-hydroxylation sites is 1. The van der Waals surface area contributed by atoms with Crippen LogP contribution in [-0.4, -0.2) is 50.1 Å². The van der Waals surface area contributed by atoms with E-state index in [1.165, 1.54) is 24.4 Å². The molecule has 2 aromatic carbocycles. The zero-order valence-corrected chi connectivity index (χ0v) is 23.7. The van der Waals surface area contributed by atoms with Crippen LogP contribution in [0.15, 0.2) is 65.6 Å². The van der Waals surface area contributed by atoms with Gasteiger partial charge >= 0.3 is 17.7 Å². The van der Waals surface area contributed by atoms with Gasteiger partial charge in [-0.25, -0.2) is 14.4 Å². The van der Waals surface area contributed by atoms with E-state index < -0.39 is 47.6 Å². The van der Waals surface area contributed by atoms with E-state index in [0.29, 0.717) is 31.4 Å². The highest BCUT2D eigenvalue weighted by Crippen LogP contribution is 2.30. The number of carbonyl (C=O) groups excluding carboxylic acids is 3. The van der Waals surface area contributed by atoms with Crippen LogP contribution >= 0.6 is 23.2 Å². The summed E-state index contributed by atoms with van der Waals surface area (Å²) in [5.74, 6) is -2.61. The summed E-state index contributed by atoms with van der Waals surface area (Å²) in [5, 5.41) is 20.3. The van der Waals surface area contributed by atoms with Crippen molar-refractivity contribution >= 4 is 58.5 Å². The largest absolute Gasteiger partial charge is 0.480 e. The lowest BCUT2D eigenvalue weighted by molar-refractivity contribution is -0.139. The first-order chi connectivity index (χ1) is 20.1. The van der Waals surface area contributed by atoms with Gasteiger partial charge in [0.25, 0.3) is 5.91 Å². The number of carbonyl (C=O) groups is 4. The number of benzene rings is 2. The second-order valence-electron chi connectivity index (χ2n) is 9.75. The summed E-state index contributed by atoms with van der Waals surface area (Å²) in [5.41, 5.74) is -1.54. The molecule has 42 heavy (non-hydrogen) atoms. The summed E-state index contributed by atoms with van der Waals surface area (Å²) >= 11 is 12.1. The van der Waals surface area contributed by atoms with Gasteiger partial charge in [-0.3, -0.25) is 14.2 Å². The second kappa shape index (κ2) is 13.5. The molecule has 0 aliphatic heterocycles. The Morgan fingerprint density at radius 3 is 2.21 bits per heavy atom. The molecule has 3 aromatic rings. The number of aliphatic carboxylic acids is 1. The van der Waals surface area contributed by atoms with Crippen LogP contribution in [0.3, 0.4) is 0 Å². The van der Waals surface area contributed by atoms with Crippen LogP contribution in [0.25, 0.3) is 0 Å². The Balaban J connectivity index is 1.43. The molecular formula is C28H28Cl2N6O6. The molecular weight excluding hydrogens is 587 g/mol. The molecule has 1 aliphatic carbocycles. The summed E-state index contributed by atoms with van der Waals surface area (Å²) in [6, 6.07) is 12.2. The third-order valence-electron chi connectivity index (χ3n) is 6.81. The Bertz CT molecular complexity index is 1520. The van der Waals surface area contributed by atoms with E-state index in [1.54, 1.807) is 30.3 Å². The Labute approximate surface area is 250 Å². The smallest absolute Gasteiger partial charge is 0.349 e. The lowest BCUT2D eigenvalue weighted by Crippen LogP contribution is -2.61. The third kappa shape index (κ3) is 7.45. The van der Waals surface area contributed by atoms with Crippen molar-refractivity contribution in [1.29, 1.82) is 0 Å². The van der Waals surface area contributed by atoms with E-state index in [2.05, 4.69) is 26.3 Å². The van der Waals surface area contributed by atoms with E-state index >= 15 is 0 Å². The number of hydrogen-bond donors (Lipinski definition) is 5. The molecule has 1 aliphatic rings. The van der Waals surface area contributed by atoms with Gasteiger partial charge in [-0.05, 0) is 43.2 Å². The molecule has 0 bridgehead atoms. The van der Waals surface area contributed by atoms with Crippen molar-refractivity contribution in [3.8, 4) is 0 Å². The van der Waals surface area contributed by atoms with E-state index in [4.69, 9.17) is 23.2 Å². The van der Waals surface area contributed by atoms with Crippen molar-refractivity contribution in [3.05, 3.63) is 86.9 Å². The number of anilines is 2. The topological polar surface area (TPSA) is 172 Å². The molecule has 14 heteroatoms. The molecule has 1 fully saturated rings. The van der Waals surface area contributed by atoms with Crippen LogP contribution in [-0.2, 0) is 16.1 Å². The highest BCUT2D eigenvalue weighted by Gasteiger charge is 2.41. The minimum absolute atomic E-state index is 0.00107. The minimum Gasteiger partial charge on any atom is -0.480 e. The maximum Gasteiger partial charge on any atom is 0.349 e. The van der Waals surface area contributed by atoms with Crippen molar-refractivity contribution in [2.45, 2.75) is 50.2 Å². The van der Waals surface area contributed by atoms with E-state index in [1.807, 2.05) is 6.07 Å². The molecule has 5 N–H and O–H groups in total. The number of aromatic nitrogens is 2. The van der Waals surface area contributed by atoms with Crippen LogP contribution in [0.2, 0.25) is 10.0 Å². The molecule has 0 spiro atoms. The lowest BCUT2D eigenvalue weighted by atomic mass is 9.81. The van der Waals surface area contributed by atoms with E-state index in [0.717, 1.165) is 11.0 Å². The summed E-state index contributed by atoms with van der Waals surface area (Å²) in [4.78, 5) is 67.2. The number of nitrogens with zero attached hydrogens (tertiary/aromatic N) is 2. The molecule has 4 rings (SSSR count). The lowest BCUT2D eigenvalue weighted by Gasteiger charge is -2.36. The first-order valence-corrected chi connectivity index (χ1v) is 13.8. The number of hydrogen-bond acceptors (Lipinski definition) is 6. The summed E-state index contributed by atoms with van der Waals surface area (Å²) in [6.07, 6.45) is 4.30. The van der Waals surface area contributed by atoms with Crippen molar-refractivity contribution in [2.24, 2.45) is 0 Å². The van der Waals surface area contributed by atoms with Gasteiger partial charge in [-0.15, -0.1) is 0 Å². The monoisotopic (exact) mass is 614 g/mol. The number of rotatable bonds is 9. The van der Waals surface area contributed by atoms with Gasteiger partial charge in [0.2, 0.25) is 5.91 Å². The number of halogens is 2. The van der Waals surface area contributed by atoms with Gasteiger partial charge in [-0.2, -0.15) is 4.98 Å². The van der Waals surface area contributed by atoms with E-state index in [9.17, 15) is 29.1 Å². The fourth-order valence-corrected chi connectivity index (χ4v) is 5.23. The van der Waals surface area contributed by atoms with Gasteiger partial charge in [0, 0.05) is 11.9 Å². The van der Waals surface area contributed by atoms with Crippen LogP contribution in [0, 0.1) is 0 Å². The maximum absolute atomic E-state index is 13.2. The Kier molecular flexibility index (Phi) is 9.81. The Morgan fingerprint density at radius 2 is 1.60 bits per heavy atom. The molecule has 4 amide bonds. The number of amides is 4. The molecule has 0 saturated heterocycles. The zero-order chi connectivity index (χ0) is 30.3. The average Bonchev–Trinajstić information content (AvgIpc) is 2.95. The van der Waals surface area contributed by atoms with Crippen LogP contribution in [0.4, 0.5) is 16.3 Å². The fraction of sp³-hybridized carbons (Fsp3) is 0.286. The quantitative estimate of drug-likeness (QED) is 0.243. The molecule has 1 heterocycles. The van der Waals surface area contributed by atoms with Gasteiger partial charge in [0.1, 0.15) is 17.4 Å². The van der Waals surface area contributed by atoms with Gasteiger partial charge in [-0.1, -0.05) is 66.7 Å². The molecule has 1 atom stereocenters. The summed E-state index contributed by atoms with van der Waals surface area (Å²) < 4.78 is 0.968. The summed E-state index contributed by atoms with van der Waals surface area (Å²) in [7, 11) is 0. The second-order valence-corrected chi connectivity index (χ2v) is 10.6. The van der Waals surface area contributed by atoms with Gasteiger partial charge in [0.15, 0.2) is 0 Å². The standard InChI is InChI=1S/C28H28Cl2N6O6/c29-18-10-7-11-19(30)22(18)23(37)33-21-12-15-36(27(42)34-21)16-20(24(38)39)32-26(41)35-28(13-5-2-6-14-28)25(40)31-17-8-3-1-4-9-17/h1,3-4,7-12,15,20H,2,5-6,13-14,16H2,(H,31,40)(H,38,39)(H2,32,35,41)(H,33,34,37,42)/t20-/m0/s1. The third-order valence-corrected chi connectivity index (χ3v) is 7.44. The van der Waals surface area contributed by atoms with Gasteiger partial charge in [0.05, 0.1) is 22.2 Å². The molecule has 0 radical (unpaired) electrons. The Morgan fingerprint density at radius 1 is 0.929 bits per heavy atom. The fourth-order valence-electron chi connectivity index (χ4n) is 4.66. The maximum atomic E-state index is 13.2. The number of carboxylic acids is 1. The molecule has 12 nitrogen and oxygen atoms in total. The van der Waals surface area contributed by atoms with Crippen molar-refractivity contribution in [1.82, 2.24) is 20.2 Å². The van der Waals surface area contributed by atoms with Crippen molar-refractivity contribution in [3.63, 3.8) is 0 Å². The SMILES string of the molecule is O=C(N[C@@H](Cn1ccc(NC(=O)c2c(Cl)cccc2Cl)nc1=O)C(=O)O)NC1(C(=O)Nc2ccccc2)CCCCC1. The first kappa shape index (κ1) is 30.5. The first-order valence-electron chi connectivity index (χ1n) is 13.1. The highest BCUT2D eigenvalue weighted by molar-refractivity contribution is 6.40. The normalized spacial score (nSPS) is 14.7. The molecule has 0 unspecified atom stereocenters. The van der Waals surface area contributed by atoms with Crippen molar-refractivity contribution < 1.29 is 24.3 Å². The van der Waals surface area contributed by atoms with Crippen LogP contribution < -0.4 is 27.0 Å². The summed E-state index contributed by atoms with van der Waals surface area (Å²) in [6.45, 7) is -0.470. The number of carboxylic acid groups (broad SMARTS) is 1. The number of urea groups is 1. The number of nitrogens with one attached hydrogen (secondary N) is 4. The minimum atomic E-state index is -1.54. The average molecular weight is 615 g/mol. The van der Waals surface area contributed by atoms with Crippen LogP contribution in [0.1, 0.15) is 42.5 Å². The predicted molar refractivity (Wildman–Crippen MR) is 157 cm³/mol. The van der Waals surface area contributed by atoms with Gasteiger partial charge < -0.3 is 26.4 Å². The zero-order valence-electron chi connectivity index (χ0n) is 22.2. The Hall–Kier alpha value is -4.42. The molecule has 220 valence electrons. The van der Waals surface area contributed by atoms with E-state index in [-0.39, 0.29) is 21.4 Å². The van der Waals surface area contributed by atoms with Crippen LogP contribution in [0.5, 0.6) is 0 Å².